The van der Waals surface area contributed by atoms with Gasteiger partial charge >= 0.3 is 14.5 Å². The van der Waals surface area contributed by atoms with E-state index in [2.05, 4.69) is 0 Å². The molecular weight excluding hydrogens is 298 g/mol. The fraction of sp³-hybridized carbons (Fsp3) is 1.00. The highest BCUT2D eigenvalue weighted by Crippen LogP contribution is 2.07. The van der Waals surface area contributed by atoms with Gasteiger partial charge in [0, 0.05) is 25.7 Å². The van der Waals surface area contributed by atoms with Crippen LogP contribution in [0.2, 0.25) is 0 Å². The molecule has 2 saturated heterocycles. The van der Waals surface area contributed by atoms with Crippen molar-refractivity contribution in [2.75, 3.05) is 26.2 Å². The van der Waals surface area contributed by atoms with Gasteiger partial charge in [-0.25, -0.2) is 0 Å². The van der Waals surface area contributed by atoms with Gasteiger partial charge in [0.25, 0.3) is 0 Å². The van der Waals surface area contributed by atoms with Crippen molar-refractivity contribution in [3.63, 3.8) is 0 Å². The van der Waals surface area contributed by atoms with Crippen LogP contribution in [0.25, 0.3) is 0 Å². The highest BCUT2D eigenvalue weighted by Gasteiger charge is 2.28. The molecule has 2 rings (SSSR count). The summed E-state index contributed by atoms with van der Waals surface area (Å²) >= 11 is 0. The molecule has 0 aromatic carbocycles. The van der Waals surface area contributed by atoms with Crippen molar-refractivity contribution in [3.05, 3.63) is 0 Å². The van der Waals surface area contributed by atoms with Crippen molar-refractivity contribution in [3.8, 4) is 0 Å². The van der Waals surface area contributed by atoms with Crippen LogP contribution in [0, 0.1) is 0 Å². The van der Waals surface area contributed by atoms with Crippen molar-refractivity contribution >= 4 is 14.5 Å². The van der Waals surface area contributed by atoms with Crippen LogP contribution in [0.15, 0.2) is 0 Å². The van der Waals surface area contributed by atoms with Gasteiger partial charge in [-0.2, -0.15) is 10.0 Å². The highest BCUT2D eigenvalue weighted by molar-refractivity contribution is 6.50. The summed E-state index contributed by atoms with van der Waals surface area (Å²) in [7, 11) is -12.0. The normalized spacial score (nSPS) is 21.0. The third-order valence-electron chi connectivity index (χ3n) is 2.91. The van der Waals surface area contributed by atoms with Crippen LogP contribution < -0.4 is 10.0 Å². The second-order valence-corrected chi connectivity index (χ2v) is 4.61. The van der Waals surface area contributed by atoms with E-state index < -0.39 is 14.5 Å². The zero-order valence-electron chi connectivity index (χ0n) is 10.8. The standard InChI is InChI=1S/C8H18N2.2BF4/c1-2-6-9(5-1)10-7-3-4-8-10;2*2-1(3,4)5/h9-10H,1-8H2;;/q+2;2*-1. The molecule has 20 heavy (non-hydrogen) atoms. The van der Waals surface area contributed by atoms with Gasteiger partial charge < -0.3 is 34.5 Å². The molecule has 122 valence electrons. The minimum Gasteiger partial charge on any atom is -0.418 e. The minimum atomic E-state index is -6.00. The second-order valence-electron chi connectivity index (χ2n) is 4.61. The minimum absolute atomic E-state index is 1.44. The van der Waals surface area contributed by atoms with Gasteiger partial charge in [-0.1, -0.05) is 0 Å². The lowest BCUT2D eigenvalue weighted by atomic mass is 10.3. The van der Waals surface area contributed by atoms with Gasteiger partial charge in [0.05, 0.1) is 0 Å². The third kappa shape index (κ3) is 15.5. The maximum atomic E-state index is 9.75. The molecule has 2 aliphatic heterocycles. The van der Waals surface area contributed by atoms with Crippen molar-refractivity contribution in [2.24, 2.45) is 0 Å². The van der Waals surface area contributed by atoms with E-state index in [1.807, 2.05) is 10.0 Å². The molecule has 2 nitrogen and oxygen atoms in total. The van der Waals surface area contributed by atoms with Gasteiger partial charge in [-0.3, -0.25) is 0 Å². The lowest BCUT2D eigenvalue weighted by Crippen LogP contribution is -3.58. The van der Waals surface area contributed by atoms with Gasteiger partial charge in [0.15, 0.2) is 0 Å². The first-order valence-electron chi connectivity index (χ1n) is 6.41. The van der Waals surface area contributed by atoms with E-state index in [9.17, 15) is 34.5 Å². The third-order valence-corrected chi connectivity index (χ3v) is 2.91. The summed E-state index contributed by atoms with van der Waals surface area (Å²) in [6.07, 6.45) is 5.88. The molecule has 0 aromatic heterocycles. The van der Waals surface area contributed by atoms with Crippen molar-refractivity contribution in [1.29, 1.82) is 0 Å². The zero-order chi connectivity index (χ0) is 15.8. The van der Waals surface area contributed by atoms with Crippen molar-refractivity contribution in [2.45, 2.75) is 25.7 Å². The maximum Gasteiger partial charge on any atom is 0.673 e. The van der Waals surface area contributed by atoms with Crippen molar-refractivity contribution < 1.29 is 44.5 Å². The molecule has 2 aliphatic rings. The Morgan fingerprint density at radius 1 is 0.450 bits per heavy atom. The predicted molar refractivity (Wildman–Crippen MR) is 60.2 cm³/mol. The molecule has 0 atom stereocenters. The summed E-state index contributed by atoms with van der Waals surface area (Å²) < 4.78 is 78.0. The summed E-state index contributed by atoms with van der Waals surface area (Å²) in [6.45, 7) is 5.76. The lowest BCUT2D eigenvalue weighted by Gasteiger charge is -2.18. The number of quaternary nitrogens is 2. The van der Waals surface area contributed by atoms with E-state index in [0.29, 0.717) is 0 Å². The van der Waals surface area contributed by atoms with E-state index in [1.165, 1.54) is 51.9 Å². The number of hydrogen-bond acceptors (Lipinski definition) is 0. The molecule has 0 saturated carbocycles. The van der Waals surface area contributed by atoms with Gasteiger partial charge in [-0.15, -0.1) is 0 Å². The summed E-state index contributed by atoms with van der Waals surface area (Å²) in [5, 5.41) is 3.69. The first-order valence-corrected chi connectivity index (χ1v) is 6.41. The number of hydrogen-bond donors (Lipinski definition) is 2. The van der Waals surface area contributed by atoms with Gasteiger partial charge in [-0.05, 0) is 0 Å². The molecule has 0 bridgehead atoms. The van der Waals surface area contributed by atoms with Gasteiger partial charge in [0.2, 0.25) is 0 Å². The fourth-order valence-corrected chi connectivity index (χ4v) is 2.31. The Hall–Kier alpha value is -0.510. The van der Waals surface area contributed by atoms with E-state index in [1.54, 1.807) is 0 Å². The van der Waals surface area contributed by atoms with Crippen LogP contribution in [0.4, 0.5) is 34.5 Å². The molecule has 0 radical (unpaired) electrons. The summed E-state index contributed by atoms with van der Waals surface area (Å²) in [4.78, 5) is 0. The molecule has 2 N–H and O–H groups in total. The second kappa shape index (κ2) is 8.71. The smallest absolute Gasteiger partial charge is 0.418 e. The fourth-order valence-electron chi connectivity index (χ4n) is 2.31. The zero-order valence-corrected chi connectivity index (χ0v) is 10.8. The first kappa shape index (κ1) is 19.5. The quantitative estimate of drug-likeness (QED) is 0.525. The Morgan fingerprint density at radius 2 is 0.600 bits per heavy atom. The molecule has 0 unspecified atom stereocenters. The van der Waals surface area contributed by atoms with E-state index in [-0.39, 0.29) is 0 Å². The maximum absolute atomic E-state index is 9.75. The molecule has 0 aromatic rings. The van der Waals surface area contributed by atoms with Crippen LogP contribution in [0.5, 0.6) is 0 Å². The largest absolute Gasteiger partial charge is 0.673 e. The molecule has 0 aliphatic carbocycles. The lowest BCUT2D eigenvalue weighted by molar-refractivity contribution is -1.49. The van der Waals surface area contributed by atoms with E-state index in [4.69, 9.17) is 0 Å². The Labute approximate surface area is 112 Å². The first-order chi connectivity index (χ1) is 8.97. The monoisotopic (exact) mass is 316 g/mol. The molecular formula is C8H18B2F8N2. The summed E-state index contributed by atoms with van der Waals surface area (Å²) in [5.74, 6) is 0. The van der Waals surface area contributed by atoms with Crippen LogP contribution >= 0.6 is 0 Å². The number of halogens is 8. The van der Waals surface area contributed by atoms with Gasteiger partial charge in [0.1, 0.15) is 26.2 Å². The molecule has 12 heteroatoms. The van der Waals surface area contributed by atoms with Crippen LogP contribution in [-0.4, -0.2) is 40.7 Å². The average molecular weight is 316 g/mol. The Kier molecular flexibility index (Phi) is 8.48. The summed E-state index contributed by atoms with van der Waals surface area (Å²) in [5.41, 5.74) is 0. The molecule has 0 amide bonds. The molecule has 2 heterocycles. The Bertz CT molecular complexity index is 210. The van der Waals surface area contributed by atoms with Crippen LogP contribution in [0.3, 0.4) is 0 Å². The Morgan fingerprint density at radius 3 is 0.750 bits per heavy atom. The van der Waals surface area contributed by atoms with Crippen LogP contribution in [-0.2, 0) is 0 Å². The van der Waals surface area contributed by atoms with Crippen LogP contribution in [0.1, 0.15) is 25.7 Å². The number of nitrogens with one attached hydrogen (secondary N) is 2. The average Bonchev–Trinajstić information content (AvgIpc) is 2.85. The Balaban J connectivity index is 0.000000310. The summed E-state index contributed by atoms with van der Waals surface area (Å²) in [6, 6.07) is 0. The number of rotatable bonds is 1. The van der Waals surface area contributed by atoms with Crippen molar-refractivity contribution in [1.82, 2.24) is 0 Å². The van der Waals surface area contributed by atoms with E-state index in [0.717, 1.165) is 0 Å². The SMILES string of the molecule is C1CC[NH+]([NH+]2CCCC2)C1.F[B-](F)(F)F.F[B-](F)(F)F. The predicted octanol–water partition coefficient (Wildman–Crippen LogP) is 0.859. The topological polar surface area (TPSA) is 8.88 Å². The highest BCUT2D eigenvalue weighted by atomic mass is 19.5. The van der Waals surface area contributed by atoms with E-state index >= 15 is 0 Å². The molecule has 0 spiro atoms. The molecule has 2 fully saturated rings.